The van der Waals surface area contributed by atoms with Crippen LogP contribution in [-0.2, 0) is 21.9 Å². The molecule has 0 atom stereocenters. The molecule has 0 aromatic carbocycles. The molecule has 2 fully saturated rings. The smallest absolute Gasteiger partial charge is 0.263 e. The molecule has 0 heterocycles. The first-order valence-corrected chi connectivity index (χ1v) is 14.1. The normalized spacial score (nSPS) is 23.7. The van der Waals surface area contributed by atoms with Gasteiger partial charge in [-0.2, -0.15) is 4.86 Å². The topological polar surface area (TPSA) is 93.0 Å². The third-order valence-corrected chi connectivity index (χ3v) is 14.3. The summed E-state index contributed by atoms with van der Waals surface area (Å²) in [7, 11) is -0.602. The van der Waals surface area contributed by atoms with Gasteiger partial charge in [0.1, 0.15) is 0 Å². The van der Waals surface area contributed by atoms with Crippen LogP contribution >= 0.6 is 13.3 Å². The van der Waals surface area contributed by atoms with E-state index in [0.717, 1.165) is 51.4 Å². The molecule has 0 aromatic rings. The molecule has 0 bridgehead atoms. The Balaban J connectivity index is 2.34. The summed E-state index contributed by atoms with van der Waals surface area (Å²) in [6.07, 6.45) is 11.0. The second-order valence-corrected chi connectivity index (χ2v) is 15.4. The lowest BCUT2D eigenvalue weighted by Crippen LogP contribution is -2.32. The zero-order chi connectivity index (χ0) is 15.5. The quantitative estimate of drug-likeness (QED) is 0.485. The molecule has 5 nitrogen and oxygen atoms in total. The van der Waals surface area contributed by atoms with Crippen LogP contribution < -0.4 is 4.86 Å². The van der Waals surface area contributed by atoms with Crippen LogP contribution in [-0.4, -0.2) is 30.1 Å². The predicted molar refractivity (Wildman–Crippen MR) is 94.3 cm³/mol. The van der Waals surface area contributed by atoms with Crippen molar-refractivity contribution in [1.29, 1.82) is 0 Å². The van der Waals surface area contributed by atoms with Crippen molar-refractivity contribution in [3.8, 4) is 0 Å². The molecule has 0 amide bonds. The van der Waals surface area contributed by atoms with Crippen molar-refractivity contribution in [2.75, 3.05) is 0 Å². The van der Waals surface area contributed by atoms with Crippen molar-refractivity contribution in [3.63, 3.8) is 0 Å². The van der Waals surface area contributed by atoms with Crippen LogP contribution in [0.15, 0.2) is 0 Å². The standard InChI is InChI=1S/C12H27NO4P2S2/c14-18(15,20)13-19(16,17)21(11-7-3-1-4-8-11)12-9-5-2-6-10-12/h11-12,16-17H,1-10H2,(H3,13,14,15,20). The van der Waals surface area contributed by atoms with E-state index in [0.29, 0.717) is 10.5 Å². The van der Waals surface area contributed by atoms with Crippen LogP contribution in [0, 0.1) is 0 Å². The van der Waals surface area contributed by atoms with Gasteiger partial charge in [-0.1, -0.05) is 38.5 Å². The van der Waals surface area contributed by atoms with Gasteiger partial charge in [-0.15, -0.1) is 10.1 Å². The summed E-state index contributed by atoms with van der Waals surface area (Å²) in [6, 6.07) is 0. The summed E-state index contributed by atoms with van der Waals surface area (Å²) in [5, 5.41) is 0.582. The van der Waals surface area contributed by atoms with Crippen LogP contribution in [0.4, 0.5) is 0 Å². The fourth-order valence-electron chi connectivity index (χ4n) is 3.52. The van der Waals surface area contributed by atoms with Crippen molar-refractivity contribution < 1.29 is 19.6 Å². The van der Waals surface area contributed by atoms with Crippen LogP contribution in [0.2, 0.25) is 0 Å². The van der Waals surface area contributed by atoms with E-state index in [4.69, 9.17) is 0 Å². The Morgan fingerprint density at radius 3 is 1.48 bits per heavy atom. The van der Waals surface area contributed by atoms with Gasteiger partial charge in [-0.25, -0.2) is 0 Å². The molecule has 9 heteroatoms. The summed E-state index contributed by atoms with van der Waals surface area (Å²) in [5.74, 6) is 0. The van der Waals surface area contributed by atoms with Gasteiger partial charge >= 0.3 is 0 Å². The van der Waals surface area contributed by atoms with Gasteiger partial charge in [0.15, 0.2) is 0 Å². The molecular weight excluding hydrogens is 348 g/mol. The molecule has 0 aliphatic heterocycles. The Kier molecular flexibility index (Phi) is 6.96. The summed E-state index contributed by atoms with van der Waals surface area (Å²) in [4.78, 5) is 42.5. The summed E-state index contributed by atoms with van der Waals surface area (Å²) < 4.78 is 0. The Morgan fingerprint density at radius 1 is 0.762 bits per heavy atom. The van der Waals surface area contributed by atoms with E-state index >= 15 is 0 Å². The molecular formula is C12H27NO4P2S2. The van der Waals surface area contributed by atoms with Crippen molar-refractivity contribution >= 4 is 35.2 Å². The molecule has 0 radical (unpaired) electrons. The van der Waals surface area contributed by atoms with Gasteiger partial charge in [-0.05, 0) is 37.5 Å². The Bertz CT molecular complexity index is 430. The first-order chi connectivity index (χ1) is 9.80. The monoisotopic (exact) mass is 375 g/mol. The minimum Gasteiger partial charge on any atom is -0.337 e. The molecule has 2 rings (SSSR count). The number of hydrogen-bond donors (Lipinski definition) is 5. The second-order valence-electron chi connectivity index (χ2n) is 6.05. The van der Waals surface area contributed by atoms with Gasteiger partial charge in [0, 0.05) is 10.5 Å². The van der Waals surface area contributed by atoms with Crippen molar-refractivity contribution in [2.45, 2.75) is 74.7 Å². The highest BCUT2D eigenvalue weighted by Crippen LogP contribution is 2.53. The molecule has 0 spiro atoms. The summed E-state index contributed by atoms with van der Waals surface area (Å²) in [5.41, 5.74) is 0. The fourth-order valence-corrected chi connectivity index (χ4v) is 15.4. The van der Waals surface area contributed by atoms with E-state index in [2.05, 4.69) is 16.7 Å². The maximum atomic E-state index is 10.6. The average Bonchev–Trinajstić information content (AvgIpc) is 2.38. The van der Waals surface area contributed by atoms with Crippen LogP contribution in [0.25, 0.3) is 0 Å². The first kappa shape index (κ1) is 18.6. The van der Waals surface area contributed by atoms with Crippen LogP contribution in [0.5, 0.6) is 0 Å². The Labute approximate surface area is 134 Å². The van der Waals surface area contributed by atoms with Gasteiger partial charge in [0.2, 0.25) is 6.64 Å². The van der Waals surface area contributed by atoms with E-state index in [1.54, 1.807) is 0 Å². The van der Waals surface area contributed by atoms with Gasteiger partial charge in [-0.3, -0.25) is 0 Å². The fraction of sp³-hybridized carbons (Fsp3) is 1.00. The number of rotatable bonds is 4. The third-order valence-electron chi connectivity index (χ3n) is 4.34. The largest absolute Gasteiger partial charge is 0.337 e. The van der Waals surface area contributed by atoms with Gasteiger partial charge in [0.25, 0.3) is 6.64 Å². The highest BCUT2D eigenvalue weighted by atomic mass is 32.5. The summed E-state index contributed by atoms with van der Waals surface area (Å²) >= 11 is 4.58. The SMILES string of the molecule is OP(O)(=S)NP(O)(O)=S(C1CCCCC1)C1CCCCC1. The molecule has 5 N–H and O–H groups in total. The average molecular weight is 375 g/mol. The first-order valence-electron chi connectivity index (χ1n) is 7.72. The van der Waals surface area contributed by atoms with Crippen molar-refractivity contribution in [3.05, 3.63) is 0 Å². The zero-order valence-corrected chi connectivity index (χ0v) is 15.6. The van der Waals surface area contributed by atoms with Gasteiger partial charge < -0.3 is 19.6 Å². The molecule has 0 aromatic heterocycles. The minimum absolute atomic E-state index is 0.291. The number of hydrogen-bond acceptors (Lipinski definition) is 1. The lowest BCUT2D eigenvalue weighted by Gasteiger charge is -2.37. The molecule has 2 aliphatic rings. The lowest BCUT2D eigenvalue weighted by atomic mass is 10.00. The highest BCUT2D eigenvalue weighted by molar-refractivity contribution is 8.31. The second kappa shape index (κ2) is 7.87. The van der Waals surface area contributed by atoms with E-state index < -0.39 is 23.4 Å². The Hall–Kier alpha value is 1.23. The van der Waals surface area contributed by atoms with E-state index in [1.165, 1.54) is 12.8 Å². The number of nitrogens with one attached hydrogen (secondary N) is 1. The van der Waals surface area contributed by atoms with Crippen molar-refractivity contribution in [1.82, 2.24) is 4.86 Å². The van der Waals surface area contributed by atoms with Gasteiger partial charge in [0.05, 0.1) is 0 Å². The van der Waals surface area contributed by atoms with E-state index in [9.17, 15) is 19.6 Å². The lowest BCUT2D eigenvalue weighted by molar-refractivity contribution is 0.443. The predicted octanol–water partition coefficient (Wildman–Crippen LogP) is 2.73. The maximum Gasteiger partial charge on any atom is 0.263 e. The van der Waals surface area contributed by atoms with Crippen LogP contribution in [0.3, 0.4) is 0 Å². The van der Waals surface area contributed by atoms with E-state index in [-0.39, 0.29) is 0 Å². The van der Waals surface area contributed by atoms with Crippen LogP contribution in [0.1, 0.15) is 64.2 Å². The zero-order valence-electron chi connectivity index (χ0n) is 12.2. The molecule has 2 aliphatic carbocycles. The molecule has 0 unspecified atom stereocenters. The van der Waals surface area contributed by atoms with Crippen molar-refractivity contribution in [2.24, 2.45) is 0 Å². The molecule has 0 saturated heterocycles. The molecule has 2 saturated carbocycles. The Morgan fingerprint density at radius 2 is 1.14 bits per heavy atom. The highest BCUT2D eigenvalue weighted by Gasteiger charge is 2.33. The van der Waals surface area contributed by atoms with E-state index in [1.807, 2.05) is 0 Å². The summed E-state index contributed by atoms with van der Waals surface area (Å²) in [6.45, 7) is -7.39. The molecule has 126 valence electrons. The maximum absolute atomic E-state index is 10.6. The minimum atomic E-state index is -3.80. The third kappa shape index (κ3) is 5.66. The molecule has 21 heavy (non-hydrogen) atoms.